The molecule has 0 bridgehead atoms. The second kappa shape index (κ2) is 7.52. The summed E-state index contributed by atoms with van der Waals surface area (Å²) in [5.41, 5.74) is -0.00185. The number of aliphatic hydroxyl groups is 3. The number of benzene rings is 1. The van der Waals surface area contributed by atoms with Gasteiger partial charge in [-0.15, -0.1) is 5.10 Å². The van der Waals surface area contributed by atoms with Gasteiger partial charge in [-0.3, -0.25) is 0 Å². The van der Waals surface area contributed by atoms with Gasteiger partial charge in [0.25, 0.3) is 0 Å². The second-order valence-electron chi connectivity index (χ2n) is 6.15. The van der Waals surface area contributed by atoms with Crippen LogP contribution in [0.3, 0.4) is 0 Å². The number of aliphatic hydroxyl groups excluding tert-OH is 3. The van der Waals surface area contributed by atoms with Crippen LogP contribution in [0.1, 0.15) is 5.56 Å². The van der Waals surface area contributed by atoms with E-state index in [9.17, 15) is 28.5 Å². The molecule has 3 rings (SSSR count). The zero-order valence-corrected chi connectivity index (χ0v) is 14.1. The van der Waals surface area contributed by atoms with Crippen LogP contribution in [0.25, 0.3) is 11.3 Å². The van der Waals surface area contributed by atoms with Gasteiger partial charge in [0.2, 0.25) is 0 Å². The average molecular weight is 389 g/mol. The van der Waals surface area contributed by atoms with Gasteiger partial charge in [0.05, 0.1) is 18.3 Å². The Hall–Kier alpha value is -2.05. The summed E-state index contributed by atoms with van der Waals surface area (Å²) in [4.78, 5) is 0. The molecule has 27 heavy (non-hydrogen) atoms. The van der Waals surface area contributed by atoms with E-state index in [0.29, 0.717) is 11.3 Å². The molecule has 0 aliphatic carbocycles. The predicted molar refractivity (Wildman–Crippen MR) is 84.2 cm³/mol. The molecule has 1 saturated heterocycles. The van der Waals surface area contributed by atoms with Crippen LogP contribution in [0, 0.1) is 0 Å². The monoisotopic (exact) mass is 389 g/mol. The molecule has 0 saturated carbocycles. The molecule has 5 atom stereocenters. The first kappa shape index (κ1) is 19.7. The lowest BCUT2D eigenvalue weighted by Crippen LogP contribution is -2.58. The summed E-state index contributed by atoms with van der Waals surface area (Å²) in [6, 6.07) is 4.46. The number of hydrogen-bond donors (Lipinski definition) is 3. The second-order valence-corrected chi connectivity index (χ2v) is 6.15. The van der Waals surface area contributed by atoms with E-state index in [2.05, 4.69) is 10.3 Å². The lowest BCUT2D eigenvalue weighted by molar-refractivity contribution is -0.292. The van der Waals surface area contributed by atoms with Gasteiger partial charge in [0, 0.05) is 12.7 Å². The SMILES string of the molecule is CO[C@@H]1O[C@H](Cn2cc(-c3ccc(C(F)(F)F)cc3)nn2)[C@H](O)[C@H](O)[C@H]1O. The van der Waals surface area contributed by atoms with Gasteiger partial charge >= 0.3 is 6.18 Å². The van der Waals surface area contributed by atoms with E-state index in [-0.39, 0.29) is 6.54 Å². The number of ether oxygens (including phenoxy) is 2. The molecule has 3 N–H and O–H groups in total. The summed E-state index contributed by atoms with van der Waals surface area (Å²) in [7, 11) is 1.29. The molecular weight excluding hydrogens is 371 g/mol. The first-order chi connectivity index (χ1) is 12.7. The number of hydrogen-bond acceptors (Lipinski definition) is 7. The van der Waals surface area contributed by atoms with Crippen LogP contribution in [0.15, 0.2) is 30.5 Å². The third-order valence-electron chi connectivity index (χ3n) is 4.31. The molecule has 8 nitrogen and oxygen atoms in total. The van der Waals surface area contributed by atoms with Crippen LogP contribution in [0.4, 0.5) is 13.2 Å². The molecule has 0 radical (unpaired) electrons. The minimum Gasteiger partial charge on any atom is -0.388 e. The Morgan fingerprint density at radius 1 is 1.11 bits per heavy atom. The van der Waals surface area contributed by atoms with Crippen molar-refractivity contribution in [2.75, 3.05) is 7.11 Å². The van der Waals surface area contributed by atoms with E-state index in [4.69, 9.17) is 9.47 Å². The van der Waals surface area contributed by atoms with Crippen molar-refractivity contribution in [2.45, 2.75) is 43.4 Å². The van der Waals surface area contributed by atoms with Crippen LogP contribution in [-0.2, 0) is 22.2 Å². The molecule has 1 aliphatic rings. The lowest BCUT2D eigenvalue weighted by Gasteiger charge is -2.39. The van der Waals surface area contributed by atoms with E-state index in [1.807, 2.05) is 0 Å². The van der Waals surface area contributed by atoms with Crippen molar-refractivity contribution >= 4 is 0 Å². The molecule has 1 aromatic heterocycles. The maximum Gasteiger partial charge on any atom is 0.416 e. The van der Waals surface area contributed by atoms with Gasteiger partial charge < -0.3 is 24.8 Å². The molecule has 1 aromatic carbocycles. The fraction of sp³-hybridized carbons (Fsp3) is 0.500. The van der Waals surface area contributed by atoms with E-state index in [0.717, 1.165) is 12.1 Å². The predicted octanol–water partition coefficient (Wildman–Crippen LogP) is 0.418. The highest BCUT2D eigenvalue weighted by atomic mass is 19.4. The van der Waals surface area contributed by atoms with Crippen molar-refractivity contribution in [3.8, 4) is 11.3 Å². The molecular formula is C16H18F3N3O5. The Balaban J connectivity index is 1.72. The Morgan fingerprint density at radius 3 is 2.37 bits per heavy atom. The van der Waals surface area contributed by atoms with Crippen molar-refractivity contribution in [2.24, 2.45) is 0 Å². The van der Waals surface area contributed by atoms with Crippen molar-refractivity contribution < 1.29 is 38.0 Å². The summed E-state index contributed by atoms with van der Waals surface area (Å²) in [5, 5.41) is 37.4. The highest BCUT2D eigenvalue weighted by Gasteiger charge is 2.44. The van der Waals surface area contributed by atoms with E-state index in [1.54, 1.807) is 0 Å². The maximum atomic E-state index is 12.6. The van der Waals surface area contributed by atoms with Crippen LogP contribution < -0.4 is 0 Å². The van der Waals surface area contributed by atoms with Crippen LogP contribution >= 0.6 is 0 Å². The normalized spacial score (nSPS) is 29.1. The van der Waals surface area contributed by atoms with Gasteiger partial charge in [0.15, 0.2) is 6.29 Å². The van der Waals surface area contributed by atoms with Gasteiger partial charge in [-0.1, -0.05) is 17.3 Å². The number of halogens is 3. The number of rotatable bonds is 4. The van der Waals surface area contributed by atoms with Crippen molar-refractivity contribution in [3.05, 3.63) is 36.0 Å². The average Bonchev–Trinajstić information content (AvgIpc) is 3.10. The highest BCUT2D eigenvalue weighted by Crippen LogP contribution is 2.30. The Labute approximate surface area is 151 Å². The minimum atomic E-state index is -4.42. The summed E-state index contributed by atoms with van der Waals surface area (Å²) in [6.07, 6.45) is -9.26. The number of nitrogens with zero attached hydrogens (tertiary/aromatic N) is 3. The van der Waals surface area contributed by atoms with Crippen molar-refractivity contribution in [1.29, 1.82) is 0 Å². The maximum absolute atomic E-state index is 12.6. The molecule has 2 aromatic rings. The van der Waals surface area contributed by atoms with Crippen LogP contribution in [-0.4, -0.2) is 68.1 Å². The Morgan fingerprint density at radius 2 is 1.78 bits per heavy atom. The molecule has 11 heteroatoms. The summed E-state index contributed by atoms with van der Waals surface area (Å²) in [6.45, 7) is -0.0154. The first-order valence-electron chi connectivity index (χ1n) is 8.01. The van der Waals surface area contributed by atoms with Gasteiger partial charge in [0.1, 0.15) is 30.1 Å². The summed E-state index contributed by atoms with van der Waals surface area (Å²) >= 11 is 0. The van der Waals surface area contributed by atoms with Crippen molar-refractivity contribution in [1.82, 2.24) is 15.0 Å². The Bertz CT molecular complexity index is 765. The summed E-state index contributed by atoms with van der Waals surface area (Å²) < 4.78 is 49.5. The first-order valence-corrected chi connectivity index (χ1v) is 8.01. The quantitative estimate of drug-likeness (QED) is 0.695. The van der Waals surface area contributed by atoms with Gasteiger partial charge in [-0.05, 0) is 12.1 Å². The molecule has 0 spiro atoms. The minimum absolute atomic E-state index is 0.0154. The zero-order valence-electron chi connectivity index (χ0n) is 14.1. The number of methoxy groups -OCH3 is 1. The highest BCUT2D eigenvalue weighted by molar-refractivity contribution is 5.58. The molecule has 2 heterocycles. The molecule has 0 unspecified atom stereocenters. The van der Waals surface area contributed by atoms with Gasteiger partial charge in [-0.2, -0.15) is 13.2 Å². The fourth-order valence-corrected chi connectivity index (χ4v) is 2.80. The van der Waals surface area contributed by atoms with Crippen LogP contribution in [0.5, 0.6) is 0 Å². The fourth-order valence-electron chi connectivity index (χ4n) is 2.80. The topological polar surface area (TPSA) is 110 Å². The molecule has 148 valence electrons. The molecule has 0 amide bonds. The third kappa shape index (κ3) is 4.12. The standard InChI is InChI=1S/C16H18F3N3O5/c1-26-15-14(25)13(24)12(23)11(27-15)7-22-6-10(20-21-22)8-2-4-9(5-3-8)16(17,18)19/h2-6,11-15,23-25H,7H2,1H3/t11-,12+,13+,14-,15-/m1/s1. The largest absolute Gasteiger partial charge is 0.416 e. The third-order valence-corrected chi connectivity index (χ3v) is 4.31. The van der Waals surface area contributed by atoms with Crippen molar-refractivity contribution in [3.63, 3.8) is 0 Å². The Kier molecular flexibility index (Phi) is 5.49. The van der Waals surface area contributed by atoms with E-state index >= 15 is 0 Å². The zero-order chi connectivity index (χ0) is 19.8. The number of alkyl halides is 3. The van der Waals surface area contributed by atoms with E-state index < -0.39 is 42.4 Å². The molecule has 1 fully saturated rings. The molecule has 1 aliphatic heterocycles. The van der Waals surface area contributed by atoms with Gasteiger partial charge in [-0.25, -0.2) is 4.68 Å². The smallest absolute Gasteiger partial charge is 0.388 e. The lowest BCUT2D eigenvalue weighted by atomic mass is 9.99. The van der Waals surface area contributed by atoms with E-state index in [1.165, 1.54) is 30.1 Å². The number of aromatic nitrogens is 3. The summed E-state index contributed by atoms with van der Waals surface area (Å²) in [5.74, 6) is 0. The van der Waals surface area contributed by atoms with Crippen LogP contribution in [0.2, 0.25) is 0 Å².